The molecule has 0 aliphatic heterocycles. The van der Waals surface area contributed by atoms with Crippen molar-refractivity contribution in [2.24, 2.45) is 0 Å². The van der Waals surface area contributed by atoms with Crippen LogP contribution in [0.2, 0.25) is 5.04 Å². The van der Waals surface area contributed by atoms with Crippen molar-refractivity contribution < 1.29 is 0 Å². The SMILES string of the molecule is CC(C)(C)[Si]n1ccnc1. The topological polar surface area (TPSA) is 17.8 Å². The first kappa shape index (κ1) is 7.53. The Bertz CT molecular complexity index is 186. The van der Waals surface area contributed by atoms with Gasteiger partial charge in [0.15, 0.2) is 9.68 Å². The fraction of sp³-hybridized carbons (Fsp3) is 0.571. The Morgan fingerprint density at radius 2 is 2.10 bits per heavy atom. The van der Waals surface area contributed by atoms with E-state index in [9.17, 15) is 0 Å². The second kappa shape index (κ2) is 2.58. The third kappa shape index (κ3) is 2.35. The first-order chi connectivity index (χ1) is 4.58. The number of rotatable bonds is 1. The summed E-state index contributed by atoms with van der Waals surface area (Å²) in [6.45, 7) is 6.68. The zero-order valence-corrected chi connectivity index (χ0v) is 7.63. The van der Waals surface area contributed by atoms with Crippen molar-refractivity contribution in [3.05, 3.63) is 18.7 Å². The minimum Gasteiger partial charge on any atom is -0.365 e. The standard InChI is InChI=1S/C7H12N2Si/c1-7(2,3)10-9-5-4-8-6-9/h4-6H,1-3H3. The van der Waals surface area contributed by atoms with Crippen LogP contribution in [0, 0.1) is 0 Å². The Kier molecular flexibility index (Phi) is 1.94. The lowest BCUT2D eigenvalue weighted by atomic mass is 10.3. The highest BCUT2D eigenvalue weighted by atomic mass is 28.2. The normalized spacial score (nSPS) is 11.9. The van der Waals surface area contributed by atoms with Crippen LogP contribution in [0.25, 0.3) is 0 Å². The number of hydrogen-bond donors (Lipinski definition) is 0. The van der Waals surface area contributed by atoms with E-state index < -0.39 is 0 Å². The van der Waals surface area contributed by atoms with Crippen molar-refractivity contribution >= 4 is 9.68 Å². The molecule has 10 heavy (non-hydrogen) atoms. The molecule has 2 radical (unpaired) electrons. The lowest BCUT2D eigenvalue weighted by molar-refractivity contribution is 0.739. The summed E-state index contributed by atoms with van der Waals surface area (Å²) in [4.78, 5) is 3.98. The molecule has 0 aromatic carbocycles. The van der Waals surface area contributed by atoms with Crippen LogP contribution < -0.4 is 0 Å². The van der Waals surface area contributed by atoms with Gasteiger partial charge in [0.05, 0.1) is 6.33 Å². The Labute approximate surface area is 64.2 Å². The van der Waals surface area contributed by atoms with Crippen LogP contribution >= 0.6 is 0 Å². The van der Waals surface area contributed by atoms with Gasteiger partial charge in [-0.25, -0.2) is 4.98 Å². The summed E-state index contributed by atoms with van der Waals surface area (Å²) in [5.41, 5.74) is 0. The van der Waals surface area contributed by atoms with Crippen LogP contribution in [-0.2, 0) is 0 Å². The summed E-state index contributed by atoms with van der Waals surface area (Å²) < 4.78 is 2.12. The molecule has 0 atom stereocenters. The minimum absolute atomic E-state index is 0.376. The number of nitrogens with zero attached hydrogens (tertiary/aromatic N) is 2. The summed E-state index contributed by atoms with van der Waals surface area (Å²) in [5.74, 6) is 0. The lowest BCUT2D eigenvalue weighted by Gasteiger charge is -2.15. The largest absolute Gasteiger partial charge is 0.365 e. The fourth-order valence-electron chi connectivity index (χ4n) is 0.713. The van der Waals surface area contributed by atoms with E-state index >= 15 is 0 Å². The van der Waals surface area contributed by atoms with E-state index in [-0.39, 0.29) is 0 Å². The van der Waals surface area contributed by atoms with Gasteiger partial charge in [-0.15, -0.1) is 0 Å². The molecule has 0 amide bonds. The molecule has 0 aliphatic rings. The first-order valence-corrected chi connectivity index (χ1v) is 4.29. The molecule has 54 valence electrons. The molecule has 0 saturated heterocycles. The molecule has 1 rings (SSSR count). The Morgan fingerprint density at radius 3 is 2.50 bits per heavy atom. The van der Waals surface area contributed by atoms with E-state index in [2.05, 4.69) is 30.0 Å². The number of hydrogen-bond acceptors (Lipinski definition) is 1. The summed E-state index contributed by atoms with van der Waals surface area (Å²) >= 11 is 0. The van der Waals surface area contributed by atoms with E-state index in [1.54, 1.807) is 0 Å². The van der Waals surface area contributed by atoms with Crippen LogP contribution in [0.3, 0.4) is 0 Å². The zero-order chi connectivity index (χ0) is 7.61. The molecule has 0 bridgehead atoms. The maximum Gasteiger partial charge on any atom is 0.193 e. The molecule has 2 nitrogen and oxygen atoms in total. The van der Waals surface area contributed by atoms with Gasteiger partial charge >= 0.3 is 0 Å². The predicted octanol–water partition coefficient (Wildman–Crippen LogP) is 1.57. The van der Waals surface area contributed by atoms with Crippen molar-refractivity contribution in [1.29, 1.82) is 0 Å². The second-order valence-corrected chi connectivity index (χ2v) is 5.57. The van der Waals surface area contributed by atoms with Crippen LogP contribution in [0.4, 0.5) is 0 Å². The lowest BCUT2D eigenvalue weighted by Crippen LogP contribution is -2.16. The van der Waals surface area contributed by atoms with Crippen molar-refractivity contribution in [1.82, 2.24) is 9.22 Å². The maximum atomic E-state index is 3.98. The number of imidazole rings is 1. The fourth-order valence-corrected chi connectivity index (χ4v) is 1.75. The Hall–Kier alpha value is -0.573. The third-order valence-electron chi connectivity index (χ3n) is 0.969. The smallest absolute Gasteiger partial charge is 0.193 e. The van der Waals surface area contributed by atoms with Gasteiger partial charge in [-0.1, -0.05) is 20.8 Å². The van der Waals surface area contributed by atoms with E-state index in [0.717, 1.165) is 9.68 Å². The molecule has 0 unspecified atom stereocenters. The molecule has 1 aromatic rings. The first-order valence-electron chi connectivity index (χ1n) is 3.34. The van der Waals surface area contributed by atoms with Gasteiger partial charge in [-0.05, 0) is 5.04 Å². The van der Waals surface area contributed by atoms with Crippen molar-refractivity contribution in [3.63, 3.8) is 0 Å². The van der Waals surface area contributed by atoms with Crippen molar-refractivity contribution in [3.8, 4) is 0 Å². The summed E-state index contributed by atoms with van der Waals surface area (Å²) in [6, 6.07) is 0. The van der Waals surface area contributed by atoms with E-state index in [4.69, 9.17) is 0 Å². The highest BCUT2D eigenvalue weighted by molar-refractivity contribution is 6.37. The molecule has 1 heterocycles. The highest BCUT2D eigenvalue weighted by Gasteiger charge is 2.12. The van der Waals surface area contributed by atoms with Gasteiger partial charge in [-0.3, -0.25) is 0 Å². The molecule has 3 heteroatoms. The molecule has 0 saturated carbocycles. The molecule has 0 N–H and O–H groups in total. The van der Waals surface area contributed by atoms with Crippen LogP contribution in [0.1, 0.15) is 20.8 Å². The van der Waals surface area contributed by atoms with Gasteiger partial charge in [0.2, 0.25) is 0 Å². The zero-order valence-electron chi connectivity index (χ0n) is 6.63. The molecule has 0 fully saturated rings. The third-order valence-corrected chi connectivity index (χ3v) is 2.16. The molecule has 0 spiro atoms. The number of aromatic nitrogens is 2. The van der Waals surface area contributed by atoms with Gasteiger partial charge in [-0.2, -0.15) is 0 Å². The summed E-state index contributed by atoms with van der Waals surface area (Å²) in [6.07, 6.45) is 5.69. The summed E-state index contributed by atoms with van der Waals surface area (Å²) in [5, 5.41) is 0.376. The van der Waals surface area contributed by atoms with E-state index in [0.29, 0.717) is 5.04 Å². The molecule has 0 aliphatic carbocycles. The monoisotopic (exact) mass is 152 g/mol. The average Bonchev–Trinajstić information content (AvgIpc) is 2.12. The second-order valence-electron chi connectivity index (χ2n) is 3.33. The van der Waals surface area contributed by atoms with Gasteiger partial charge in [0.25, 0.3) is 0 Å². The molecular weight excluding hydrogens is 140 g/mol. The molecule has 1 aromatic heterocycles. The van der Waals surface area contributed by atoms with Gasteiger partial charge < -0.3 is 4.23 Å². The van der Waals surface area contributed by atoms with Crippen molar-refractivity contribution in [2.75, 3.05) is 0 Å². The quantitative estimate of drug-likeness (QED) is 0.558. The molecular formula is C7H12N2Si. The van der Waals surface area contributed by atoms with Crippen LogP contribution in [-0.4, -0.2) is 18.9 Å². The predicted molar refractivity (Wildman–Crippen MR) is 43.1 cm³/mol. The average molecular weight is 152 g/mol. The van der Waals surface area contributed by atoms with E-state index in [1.807, 2.05) is 18.7 Å². The summed E-state index contributed by atoms with van der Waals surface area (Å²) in [7, 11) is 0.792. The van der Waals surface area contributed by atoms with Crippen LogP contribution in [0.15, 0.2) is 18.7 Å². The Balaban J connectivity index is 2.57. The highest BCUT2D eigenvalue weighted by Crippen LogP contribution is 2.19. The van der Waals surface area contributed by atoms with Gasteiger partial charge in [0.1, 0.15) is 0 Å². The van der Waals surface area contributed by atoms with Crippen molar-refractivity contribution in [2.45, 2.75) is 25.8 Å². The minimum atomic E-state index is 0.376. The van der Waals surface area contributed by atoms with Gasteiger partial charge in [0, 0.05) is 12.4 Å². The Morgan fingerprint density at radius 1 is 1.40 bits per heavy atom. The van der Waals surface area contributed by atoms with Crippen LogP contribution in [0.5, 0.6) is 0 Å². The van der Waals surface area contributed by atoms with E-state index in [1.165, 1.54) is 0 Å². The maximum absolute atomic E-state index is 3.98.